The Hall–Kier alpha value is -2.63. The normalized spacial score (nSPS) is 12.3. The summed E-state index contributed by atoms with van der Waals surface area (Å²) in [4.78, 5) is 37.8. The minimum atomic E-state index is -0.771. The van der Waals surface area contributed by atoms with Crippen LogP contribution in [0.5, 0.6) is 0 Å². The molecule has 0 aliphatic rings. The fourth-order valence-electron chi connectivity index (χ4n) is 9.09. The topological polar surface area (TPSA) is 78.9 Å². The Bertz CT molecular complexity index is 1230. The molecule has 6 nitrogen and oxygen atoms in total. The number of allylic oxidation sites excluding steroid dienone is 8. The summed E-state index contributed by atoms with van der Waals surface area (Å²) in [6.45, 7) is 6.56. The molecule has 0 aromatic carbocycles. The van der Waals surface area contributed by atoms with E-state index in [9.17, 15) is 14.4 Å². The van der Waals surface area contributed by atoms with E-state index >= 15 is 0 Å². The lowest BCUT2D eigenvalue weighted by molar-refractivity contribution is -0.167. The maximum atomic E-state index is 12.8. The quantitative estimate of drug-likeness (QED) is 0.0261. The zero-order valence-electron chi connectivity index (χ0n) is 47.5. The highest BCUT2D eigenvalue weighted by atomic mass is 16.6. The van der Waals surface area contributed by atoms with E-state index in [1.54, 1.807) is 0 Å². The Labute approximate surface area is 441 Å². The smallest absolute Gasteiger partial charge is 0.306 e. The predicted octanol–water partition coefficient (Wildman–Crippen LogP) is 21.0. The Balaban J connectivity index is 3.91. The molecule has 0 aliphatic heterocycles. The van der Waals surface area contributed by atoms with E-state index < -0.39 is 6.10 Å². The zero-order chi connectivity index (χ0) is 51.4. The summed E-state index contributed by atoms with van der Waals surface area (Å²) in [7, 11) is 0. The zero-order valence-corrected chi connectivity index (χ0v) is 47.5. The highest BCUT2D eigenvalue weighted by molar-refractivity contribution is 5.71. The van der Waals surface area contributed by atoms with Gasteiger partial charge in [-0.3, -0.25) is 14.4 Å². The first-order valence-electron chi connectivity index (χ1n) is 31.1. The van der Waals surface area contributed by atoms with Crippen molar-refractivity contribution in [3.05, 3.63) is 48.6 Å². The SMILES string of the molecule is CCCCCCC/C=C\C/C=C\C/C=C\CCCCCCCCCCCCCCCCCCCCC(=O)OCC(COC(=O)CCCCCCC)OC(=O)CCCCCCC/C=C\CCCCCCCC. The van der Waals surface area contributed by atoms with E-state index in [-0.39, 0.29) is 31.1 Å². The van der Waals surface area contributed by atoms with Crippen LogP contribution in [0.3, 0.4) is 0 Å². The largest absolute Gasteiger partial charge is 0.462 e. The van der Waals surface area contributed by atoms with Crippen LogP contribution in [0.25, 0.3) is 0 Å². The second kappa shape index (κ2) is 59.9. The van der Waals surface area contributed by atoms with Crippen LogP contribution in [-0.2, 0) is 28.6 Å². The monoisotopic (exact) mass is 995 g/mol. The Kier molecular flexibility index (Phi) is 57.7. The van der Waals surface area contributed by atoms with Crippen molar-refractivity contribution in [2.24, 2.45) is 0 Å². The number of ether oxygens (including phenoxy) is 3. The molecule has 0 saturated heterocycles. The molecule has 71 heavy (non-hydrogen) atoms. The maximum absolute atomic E-state index is 12.8. The number of rotatable bonds is 57. The van der Waals surface area contributed by atoms with Gasteiger partial charge in [-0.1, -0.05) is 275 Å². The molecule has 414 valence electrons. The third-order valence-corrected chi connectivity index (χ3v) is 13.8. The van der Waals surface area contributed by atoms with E-state index in [0.717, 1.165) is 83.5 Å². The molecule has 0 aromatic rings. The summed E-state index contributed by atoms with van der Waals surface area (Å²) in [5.74, 6) is -0.882. The summed E-state index contributed by atoms with van der Waals surface area (Å²) in [6.07, 6.45) is 74.6. The predicted molar refractivity (Wildman–Crippen MR) is 307 cm³/mol. The van der Waals surface area contributed by atoms with Crippen molar-refractivity contribution in [1.29, 1.82) is 0 Å². The fraction of sp³-hybridized carbons (Fsp3) is 0.831. The number of carbonyl (C=O) groups excluding carboxylic acids is 3. The first-order valence-corrected chi connectivity index (χ1v) is 31.1. The van der Waals surface area contributed by atoms with Gasteiger partial charge in [0.1, 0.15) is 13.2 Å². The van der Waals surface area contributed by atoms with Crippen LogP contribution >= 0.6 is 0 Å². The van der Waals surface area contributed by atoms with Gasteiger partial charge >= 0.3 is 17.9 Å². The van der Waals surface area contributed by atoms with Crippen LogP contribution in [-0.4, -0.2) is 37.2 Å². The van der Waals surface area contributed by atoms with E-state index in [4.69, 9.17) is 14.2 Å². The van der Waals surface area contributed by atoms with Gasteiger partial charge in [-0.15, -0.1) is 0 Å². The van der Waals surface area contributed by atoms with Gasteiger partial charge in [0.2, 0.25) is 0 Å². The summed E-state index contributed by atoms with van der Waals surface area (Å²) < 4.78 is 16.7. The van der Waals surface area contributed by atoms with Gasteiger partial charge in [-0.2, -0.15) is 0 Å². The maximum Gasteiger partial charge on any atom is 0.306 e. The molecule has 0 amide bonds. The molecule has 0 bridgehead atoms. The number of carbonyl (C=O) groups is 3. The molecule has 1 unspecified atom stereocenters. The van der Waals surface area contributed by atoms with Crippen molar-refractivity contribution in [1.82, 2.24) is 0 Å². The molecule has 0 rings (SSSR count). The Morgan fingerprint density at radius 3 is 0.803 bits per heavy atom. The molecular weight excluding hydrogens is 877 g/mol. The number of hydrogen-bond acceptors (Lipinski definition) is 6. The second-order valence-electron chi connectivity index (χ2n) is 21.0. The van der Waals surface area contributed by atoms with Gasteiger partial charge < -0.3 is 14.2 Å². The Morgan fingerprint density at radius 2 is 0.507 bits per heavy atom. The van der Waals surface area contributed by atoms with Crippen LogP contribution in [0.2, 0.25) is 0 Å². The molecule has 1 atom stereocenters. The van der Waals surface area contributed by atoms with Gasteiger partial charge in [-0.25, -0.2) is 0 Å². The number of hydrogen-bond donors (Lipinski definition) is 0. The molecule has 0 saturated carbocycles. The van der Waals surface area contributed by atoms with Gasteiger partial charge in [0.25, 0.3) is 0 Å². The summed E-state index contributed by atoms with van der Waals surface area (Å²) in [5, 5.41) is 0. The molecule has 0 aromatic heterocycles. The van der Waals surface area contributed by atoms with Crippen molar-refractivity contribution < 1.29 is 28.6 Å². The Morgan fingerprint density at radius 1 is 0.282 bits per heavy atom. The summed E-state index contributed by atoms with van der Waals surface area (Å²) >= 11 is 0. The van der Waals surface area contributed by atoms with Crippen LogP contribution in [0.4, 0.5) is 0 Å². The van der Waals surface area contributed by atoms with Crippen molar-refractivity contribution in [2.45, 2.75) is 335 Å². The lowest BCUT2D eigenvalue weighted by Crippen LogP contribution is -2.30. The standard InChI is InChI=1S/C65H118O6/c1-4-7-10-13-15-17-19-21-23-24-25-26-27-28-29-30-31-32-33-34-35-36-37-38-39-40-42-43-45-47-49-52-55-58-64(67)70-61-62(60-69-63(66)57-54-51-12-9-6-3)71-65(68)59-56-53-50-48-46-44-41-22-20-18-16-14-11-8-5-2/h19,21-22,24-25,27-28,41,62H,4-18,20,23,26,29-40,42-61H2,1-3H3/b21-19-,25-24-,28-27-,41-22-. The average molecular weight is 996 g/mol. The van der Waals surface area contributed by atoms with Crippen molar-refractivity contribution in [3.8, 4) is 0 Å². The fourth-order valence-corrected chi connectivity index (χ4v) is 9.09. The highest BCUT2D eigenvalue weighted by Gasteiger charge is 2.19. The molecule has 0 heterocycles. The van der Waals surface area contributed by atoms with Gasteiger partial charge in [0, 0.05) is 19.3 Å². The summed E-state index contributed by atoms with van der Waals surface area (Å²) in [5.41, 5.74) is 0. The highest BCUT2D eigenvalue weighted by Crippen LogP contribution is 2.17. The van der Waals surface area contributed by atoms with E-state index in [1.807, 2.05) is 0 Å². The summed E-state index contributed by atoms with van der Waals surface area (Å²) in [6, 6.07) is 0. The molecule has 0 spiro atoms. The molecular formula is C65H118O6. The van der Waals surface area contributed by atoms with E-state index in [2.05, 4.69) is 69.4 Å². The number of unbranched alkanes of at least 4 members (excludes halogenated alkanes) is 38. The minimum absolute atomic E-state index is 0.0731. The second-order valence-corrected chi connectivity index (χ2v) is 21.0. The van der Waals surface area contributed by atoms with Crippen molar-refractivity contribution in [3.63, 3.8) is 0 Å². The lowest BCUT2D eigenvalue weighted by Gasteiger charge is -2.18. The van der Waals surface area contributed by atoms with Gasteiger partial charge in [-0.05, 0) is 83.5 Å². The van der Waals surface area contributed by atoms with E-state index in [1.165, 1.54) is 205 Å². The molecule has 0 radical (unpaired) electrons. The molecule has 0 N–H and O–H groups in total. The van der Waals surface area contributed by atoms with Crippen LogP contribution in [0.1, 0.15) is 329 Å². The first kappa shape index (κ1) is 68.4. The molecule has 0 aliphatic carbocycles. The third kappa shape index (κ3) is 58.1. The average Bonchev–Trinajstić information content (AvgIpc) is 3.37. The van der Waals surface area contributed by atoms with Crippen LogP contribution in [0, 0.1) is 0 Å². The molecule has 0 fully saturated rings. The first-order chi connectivity index (χ1) is 35.0. The minimum Gasteiger partial charge on any atom is -0.462 e. The van der Waals surface area contributed by atoms with Crippen LogP contribution in [0.15, 0.2) is 48.6 Å². The van der Waals surface area contributed by atoms with Crippen molar-refractivity contribution in [2.75, 3.05) is 13.2 Å². The van der Waals surface area contributed by atoms with Crippen LogP contribution < -0.4 is 0 Å². The number of esters is 3. The van der Waals surface area contributed by atoms with Gasteiger partial charge in [0.15, 0.2) is 6.10 Å². The van der Waals surface area contributed by atoms with E-state index in [0.29, 0.717) is 19.3 Å². The molecule has 6 heteroatoms. The van der Waals surface area contributed by atoms with Crippen molar-refractivity contribution >= 4 is 17.9 Å². The van der Waals surface area contributed by atoms with Gasteiger partial charge in [0.05, 0.1) is 0 Å². The lowest BCUT2D eigenvalue weighted by atomic mass is 10.0. The third-order valence-electron chi connectivity index (χ3n) is 13.8.